The quantitative estimate of drug-likeness (QED) is 0.838. The minimum absolute atomic E-state index is 0.0782. The zero-order valence-electron chi connectivity index (χ0n) is 15.9. The maximum atomic E-state index is 12.8. The molecule has 0 N–H and O–H groups in total. The number of anilines is 1. The Morgan fingerprint density at radius 1 is 1.15 bits per heavy atom. The standard InChI is InChI=1S/C22H27N3O2/c1-17-5-2-3-7-20(17)19-6-4-10-25(16-19)21-15-18(8-9-23-21)22(26)24-11-13-27-14-12-24/h2-3,5,7-9,15,19H,4,6,10-14,16H2,1H3/t19-/m1/s1. The Kier molecular flexibility index (Phi) is 5.39. The molecule has 2 aliphatic rings. The van der Waals surface area contributed by atoms with E-state index < -0.39 is 0 Å². The lowest BCUT2D eigenvalue weighted by Gasteiger charge is -2.34. The van der Waals surface area contributed by atoms with Gasteiger partial charge in [0.15, 0.2) is 0 Å². The number of carbonyl (C=O) groups is 1. The highest BCUT2D eigenvalue weighted by molar-refractivity contribution is 5.95. The van der Waals surface area contributed by atoms with Gasteiger partial charge < -0.3 is 14.5 Å². The Balaban J connectivity index is 1.51. The predicted molar refractivity (Wildman–Crippen MR) is 106 cm³/mol. The molecule has 2 aliphatic heterocycles. The average Bonchev–Trinajstić information content (AvgIpc) is 2.74. The van der Waals surface area contributed by atoms with Crippen molar-refractivity contribution in [2.45, 2.75) is 25.7 Å². The molecule has 2 aromatic rings. The molecule has 5 nitrogen and oxygen atoms in total. The van der Waals surface area contributed by atoms with Crippen molar-refractivity contribution in [1.29, 1.82) is 0 Å². The maximum absolute atomic E-state index is 12.8. The zero-order chi connectivity index (χ0) is 18.6. The van der Waals surface area contributed by atoms with Gasteiger partial charge in [0, 0.05) is 43.9 Å². The van der Waals surface area contributed by atoms with Crippen molar-refractivity contribution in [3.8, 4) is 0 Å². The van der Waals surface area contributed by atoms with Crippen LogP contribution in [0.3, 0.4) is 0 Å². The Labute approximate surface area is 161 Å². The van der Waals surface area contributed by atoms with Gasteiger partial charge in [-0.25, -0.2) is 4.98 Å². The fourth-order valence-corrected chi connectivity index (χ4v) is 4.16. The van der Waals surface area contributed by atoms with Crippen molar-refractivity contribution in [3.05, 3.63) is 59.3 Å². The molecule has 2 fully saturated rings. The van der Waals surface area contributed by atoms with Gasteiger partial charge in [-0.2, -0.15) is 0 Å². The van der Waals surface area contributed by atoms with Gasteiger partial charge in [0.1, 0.15) is 5.82 Å². The van der Waals surface area contributed by atoms with Crippen LogP contribution in [0.2, 0.25) is 0 Å². The maximum Gasteiger partial charge on any atom is 0.254 e. The summed E-state index contributed by atoms with van der Waals surface area (Å²) in [6, 6.07) is 12.4. The lowest BCUT2D eigenvalue weighted by Crippen LogP contribution is -2.41. The molecular formula is C22H27N3O2. The van der Waals surface area contributed by atoms with Crippen LogP contribution < -0.4 is 4.90 Å². The van der Waals surface area contributed by atoms with E-state index in [1.54, 1.807) is 6.20 Å². The van der Waals surface area contributed by atoms with E-state index >= 15 is 0 Å². The second-order valence-electron chi connectivity index (χ2n) is 7.45. The molecule has 27 heavy (non-hydrogen) atoms. The van der Waals surface area contributed by atoms with Crippen LogP contribution in [0.1, 0.15) is 40.2 Å². The van der Waals surface area contributed by atoms with Crippen molar-refractivity contribution in [3.63, 3.8) is 0 Å². The second-order valence-corrected chi connectivity index (χ2v) is 7.45. The Bertz CT molecular complexity index is 802. The number of piperidine rings is 1. The first-order valence-corrected chi connectivity index (χ1v) is 9.86. The van der Waals surface area contributed by atoms with E-state index in [1.807, 2.05) is 17.0 Å². The van der Waals surface area contributed by atoms with Gasteiger partial charge in [-0.3, -0.25) is 4.79 Å². The summed E-state index contributed by atoms with van der Waals surface area (Å²) in [6.45, 7) is 6.69. The molecule has 1 amide bonds. The Morgan fingerprint density at radius 2 is 1.96 bits per heavy atom. The number of carbonyl (C=O) groups excluding carboxylic acids is 1. The van der Waals surface area contributed by atoms with Gasteiger partial charge in [-0.05, 0) is 43.0 Å². The van der Waals surface area contributed by atoms with E-state index in [9.17, 15) is 4.79 Å². The van der Waals surface area contributed by atoms with Crippen LogP contribution in [0.25, 0.3) is 0 Å². The van der Waals surface area contributed by atoms with Gasteiger partial charge >= 0.3 is 0 Å². The van der Waals surface area contributed by atoms with Gasteiger partial charge in [0.05, 0.1) is 13.2 Å². The number of morpholine rings is 1. The van der Waals surface area contributed by atoms with E-state index in [4.69, 9.17) is 4.74 Å². The van der Waals surface area contributed by atoms with E-state index in [-0.39, 0.29) is 5.91 Å². The SMILES string of the molecule is Cc1ccccc1[C@@H]1CCCN(c2cc(C(=O)N3CCOCC3)ccn2)C1. The minimum atomic E-state index is 0.0782. The summed E-state index contributed by atoms with van der Waals surface area (Å²) in [6.07, 6.45) is 4.11. The number of aromatic nitrogens is 1. The summed E-state index contributed by atoms with van der Waals surface area (Å²) in [5, 5.41) is 0. The van der Waals surface area contributed by atoms with Crippen LogP contribution in [0.5, 0.6) is 0 Å². The van der Waals surface area contributed by atoms with E-state index in [1.165, 1.54) is 17.5 Å². The topological polar surface area (TPSA) is 45.7 Å². The van der Waals surface area contributed by atoms with E-state index in [2.05, 4.69) is 41.1 Å². The fraction of sp³-hybridized carbons (Fsp3) is 0.455. The smallest absolute Gasteiger partial charge is 0.254 e. The van der Waals surface area contributed by atoms with Crippen LogP contribution in [-0.2, 0) is 4.74 Å². The molecule has 1 atom stereocenters. The Hall–Kier alpha value is -2.40. The number of pyridine rings is 1. The first-order chi connectivity index (χ1) is 13.2. The van der Waals surface area contributed by atoms with Crippen LogP contribution in [-0.4, -0.2) is 55.2 Å². The number of hydrogen-bond acceptors (Lipinski definition) is 4. The molecule has 2 saturated heterocycles. The predicted octanol–water partition coefficient (Wildman–Crippen LogP) is 3.25. The van der Waals surface area contributed by atoms with Crippen LogP contribution in [0, 0.1) is 6.92 Å². The van der Waals surface area contributed by atoms with E-state index in [0.29, 0.717) is 32.2 Å². The summed E-state index contributed by atoms with van der Waals surface area (Å²) >= 11 is 0. The van der Waals surface area contributed by atoms with Gasteiger partial charge in [0.2, 0.25) is 0 Å². The van der Waals surface area contributed by atoms with Crippen LogP contribution >= 0.6 is 0 Å². The third-order valence-electron chi connectivity index (χ3n) is 5.66. The lowest BCUT2D eigenvalue weighted by atomic mass is 9.88. The van der Waals surface area contributed by atoms with Gasteiger partial charge in [0.25, 0.3) is 5.91 Å². The molecule has 5 heteroatoms. The molecule has 0 saturated carbocycles. The second kappa shape index (κ2) is 8.09. The number of hydrogen-bond donors (Lipinski definition) is 0. The molecule has 0 bridgehead atoms. The molecule has 0 spiro atoms. The highest BCUT2D eigenvalue weighted by Gasteiger charge is 2.25. The summed E-state index contributed by atoms with van der Waals surface area (Å²) in [5.41, 5.74) is 3.51. The third kappa shape index (κ3) is 3.98. The molecule has 1 aromatic carbocycles. The lowest BCUT2D eigenvalue weighted by molar-refractivity contribution is 0.0303. The number of amides is 1. The van der Waals surface area contributed by atoms with Crippen LogP contribution in [0.4, 0.5) is 5.82 Å². The molecule has 0 unspecified atom stereocenters. The first kappa shape index (κ1) is 18.0. The van der Waals surface area contributed by atoms with Crippen molar-refractivity contribution in [2.24, 2.45) is 0 Å². The molecule has 4 rings (SSSR count). The molecule has 0 aliphatic carbocycles. The zero-order valence-corrected chi connectivity index (χ0v) is 15.9. The molecular weight excluding hydrogens is 338 g/mol. The molecule has 3 heterocycles. The number of benzene rings is 1. The summed E-state index contributed by atoms with van der Waals surface area (Å²) < 4.78 is 5.35. The van der Waals surface area contributed by atoms with Crippen molar-refractivity contribution < 1.29 is 9.53 Å². The number of nitrogens with zero attached hydrogens (tertiary/aromatic N) is 3. The highest BCUT2D eigenvalue weighted by atomic mass is 16.5. The monoisotopic (exact) mass is 365 g/mol. The van der Waals surface area contributed by atoms with E-state index in [0.717, 1.165) is 30.9 Å². The third-order valence-corrected chi connectivity index (χ3v) is 5.66. The van der Waals surface area contributed by atoms with Gasteiger partial charge in [-0.15, -0.1) is 0 Å². The van der Waals surface area contributed by atoms with Crippen molar-refractivity contribution >= 4 is 11.7 Å². The summed E-state index contributed by atoms with van der Waals surface area (Å²) in [7, 11) is 0. The highest BCUT2D eigenvalue weighted by Crippen LogP contribution is 2.31. The molecule has 142 valence electrons. The van der Waals surface area contributed by atoms with Gasteiger partial charge in [-0.1, -0.05) is 24.3 Å². The minimum Gasteiger partial charge on any atom is -0.378 e. The number of aryl methyl sites for hydroxylation is 1. The Morgan fingerprint density at radius 3 is 2.78 bits per heavy atom. The first-order valence-electron chi connectivity index (χ1n) is 9.86. The normalized spacial score (nSPS) is 20.6. The number of rotatable bonds is 3. The largest absolute Gasteiger partial charge is 0.378 e. The van der Waals surface area contributed by atoms with Crippen LogP contribution in [0.15, 0.2) is 42.6 Å². The van der Waals surface area contributed by atoms with Crippen molar-refractivity contribution in [2.75, 3.05) is 44.3 Å². The fourth-order valence-electron chi connectivity index (χ4n) is 4.16. The summed E-state index contributed by atoms with van der Waals surface area (Å²) in [5.74, 6) is 1.50. The average molecular weight is 365 g/mol. The summed E-state index contributed by atoms with van der Waals surface area (Å²) in [4.78, 5) is 21.6. The molecule has 1 aromatic heterocycles. The number of ether oxygens (including phenoxy) is 1. The van der Waals surface area contributed by atoms with Crippen molar-refractivity contribution in [1.82, 2.24) is 9.88 Å². The molecule has 0 radical (unpaired) electrons.